The van der Waals surface area contributed by atoms with E-state index in [4.69, 9.17) is 9.47 Å². The molecule has 2 N–H and O–H groups in total. The highest BCUT2D eigenvalue weighted by molar-refractivity contribution is 9.11. The van der Waals surface area contributed by atoms with Crippen LogP contribution in [0.4, 0.5) is 10.5 Å². The first kappa shape index (κ1) is 24.2. The summed E-state index contributed by atoms with van der Waals surface area (Å²) in [5, 5.41) is 14.0. The molecule has 0 aliphatic carbocycles. The molecule has 2 heterocycles. The zero-order chi connectivity index (χ0) is 23.7. The van der Waals surface area contributed by atoms with E-state index in [9.17, 15) is 19.5 Å². The lowest BCUT2D eigenvalue weighted by Gasteiger charge is -2.28. The maximum atomic E-state index is 13.3. The van der Waals surface area contributed by atoms with E-state index in [0.29, 0.717) is 9.35 Å². The second-order valence-corrected chi connectivity index (χ2v) is 10.9. The van der Waals surface area contributed by atoms with Gasteiger partial charge in [0, 0.05) is 6.42 Å². The lowest BCUT2D eigenvalue weighted by atomic mass is 9.91. The summed E-state index contributed by atoms with van der Waals surface area (Å²) in [4.78, 5) is 39.7. The van der Waals surface area contributed by atoms with Crippen LogP contribution in [0.3, 0.4) is 0 Å². The number of benzene rings is 1. The van der Waals surface area contributed by atoms with Gasteiger partial charge in [-0.3, -0.25) is 9.69 Å². The van der Waals surface area contributed by atoms with Crippen molar-refractivity contribution >= 4 is 50.9 Å². The summed E-state index contributed by atoms with van der Waals surface area (Å²) in [6, 6.07) is 9.45. The minimum atomic E-state index is -1.43. The summed E-state index contributed by atoms with van der Waals surface area (Å²) in [6.45, 7) is 5.07. The van der Waals surface area contributed by atoms with Gasteiger partial charge < -0.3 is 19.9 Å². The molecule has 0 bridgehead atoms. The Balaban J connectivity index is 1.91. The number of anilines is 1. The van der Waals surface area contributed by atoms with Crippen LogP contribution in [0.5, 0.6) is 0 Å². The maximum Gasteiger partial charge on any atom is 0.411 e. The molecular formula is C22H25BrN2O6S. The van der Waals surface area contributed by atoms with Gasteiger partial charge in [0.2, 0.25) is 5.91 Å². The topological polar surface area (TPSA) is 105 Å². The highest BCUT2D eigenvalue weighted by Crippen LogP contribution is 2.38. The lowest BCUT2D eigenvalue weighted by molar-refractivity contribution is -0.120. The van der Waals surface area contributed by atoms with Gasteiger partial charge in [-0.2, -0.15) is 0 Å². The highest BCUT2D eigenvalue weighted by Gasteiger charge is 2.50. The molecule has 1 aromatic heterocycles. The van der Waals surface area contributed by atoms with Crippen molar-refractivity contribution in [1.29, 1.82) is 0 Å². The van der Waals surface area contributed by atoms with Crippen LogP contribution in [0.15, 0.2) is 40.2 Å². The maximum absolute atomic E-state index is 13.3. The van der Waals surface area contributed by atoms with Crippen molar-refractivity contribution in [3.63, 3.8) is 0 Å². The number of hydrogen-bond donors (Lipinski definition) is 2. The predicted octanol–water partition coefficient (Wildman–Crippen LogP) is 4.13. The van der Waals surface area contributed by atoms with Gasteiger partial charge in [0.05, 0.1) is 23.1 Å². The fraction of sp³-hybridized carbons (Fsp3) is 0.409. The first-order valence-electron chi connectivity index (χ1n) is 9.89. The molecule has 1 saturated heterocycles. The van der Waals surface area contributed by atoms with Crippen LogP contribution >= 0.6 is 27.3 Å². The Morgan fingerprint density at radius 3 is 2.50 bits per heavy atom. The van der Waals surface area contributed by atoms with Gasteiger partial charge in [-0.05, 0) is 48.3 Å². The number of methoxy groups -OCH3 is 1. The van der Waals surface area contributed by atoms with Crippen LogP contribution < -0.4 is 5.32 Å². The molecule has 1 fully saturated rings. The Morgan fingerprint density at radius 2 is 1.91 bits per heavy atom. The molecule has 1 aliphatic heterocycles. The zero-order valence-corrected chi connectivity index (χ0v) is 20.6. The van der Waals surface area contributed by atoms with Gasteiger partial charge in [0.1, 0.15) is 22.1 Å². The average Bonchev–Trinajstić information content (AvgIpc) is 3.27. The van der Waals surface area contributed by atoms with Crippen molar-refractivity contribution in [2.75, 3.05) is 19.0 Å². The third kappa shape index (κ3) is 5.31. The Labute approximate surface area is 198 Å². The van der Waals surface area contributed by atoms with E-state index in [1.165, 1.54) is 12.0 Å². The smallest absolute Gasteiger partial charge is 0.411 e. The SMILES string of the molecule is COC(=O)c1sc(Br)cc1NC(=O)C1CC(O)(c2ccccc2)CN1C(=O)OC(C)(C)C. The number of ether oxygens (including phenoxy) is 2. The molecule has 1 aromatic carbocycles. The standard InChI is InChI=1S/C22H25BrN2O6S/c1-21(2,3)31-20(28)25-12-22(29,13-8-6-5-7-9-13)11-15(25)18(26)24-14-10-16(23)32-17(14)19(27)30-4/h5-10,15,29H,11-12H2,1-4H3,(H,24,26). The largest absolute Gasteiger partial charge is 0.465 e. The molecule has 1 aliphatic rings. The average molecular weight is 525 g/mol. The normalized spacial score (nSPS) is 20.7. The van der Waals surface area contributed by atoms with Crippen LogP contribution in [-0.2, 0) is 19.9 Å². The Hall–Kier alpha value is -2.43. The van der Waals surface area contributed by atoms with Crippen molar-refractivity contribution in [3.8, 4) is 0 Å². The summed E-state index contributed by atoms with van der Waals surface area (Å²) in [5.74, 6) is -1.13. The molecule has 8 nitrogen and oxygen atoms in total. The number of thiophene rings is 1. The van der Waals surface area contributed by atoms with Crippen LogP contribution in [0, 0.1) is 0 Å². The van der Waals surface area contributed by atoms with Gasteiger partial charge in [0.25, 0.3) is 0 Å². The van der Waals surface area contributed by atoms with E-state index >= 15 is 0 Å². The number of nitrogens with one attached hydrogen (secondary N) is 1. The number of esters is 1. The number of hydrogen-bond acceptors (Lipinski definition) is 7. The third-order valence-electron chi connectivity index (χ3n) is 4.91. The molecule has 3 rings (SSSR count). The molecule has 2 unspecified atom stereocenters. The van der Waals surface area contributed by atoms with Crippen molar-refractivity contribution in [2.45, 2.75) is 44.4 Å². The molecule has 0 saturated carbocycles. The van der Waals surface area contributed by atoms with Crippen molar-refractivity contribution in [2.24, 2.45) is 0 Å². The van der Waals surface area contributed by atoms with Crippen molar-refractivity contribution < 1.29 is 29.0 Å². The van der Waals surface area contributed by atoms with Crippen LogP contribution in [0.2, 0.25) is 0 Å². The molecule has 32 heavy (non-hydrogen) atoms. The van der Waals surface area contributed by atoms with Gasteiger partial charge in [-0.1, -0.05) is 30.3 Å². The highest BCUT2D eigenvalue weighted by atomic mass is 79.9. The van der Waals surface area contributed by atoms with E-state index in [1.807, 2.05) is 6.07 Å². The minimum Gasteiger partial charge on any atom is -0.465 e. The number of nitrogens with zero attached hydrogens (tertiary/aromatic N) is 1. The van der Waals surface area contributed by atoms with Crippen LogP contribution in [-0.4, -0.2) is 53.3 Å². The van der Waals surface area contributed by atoms with Gasteiger partial charge in [0.15, 0.2) is 0 Å². The van der Waals surface area contributed by atoms with Gasteiger partial charge in [-0.25, -0.2) is 9.59 Å². The van der Waals surface area contributed by atoms with Crippen LogP contribution in [0.25, 0.3) is 0 Å². The first-order valence-corrected chi connectivity index (χ1v) is 11.5. The molecule has 172 valence electrons. The van der Waals surface area contributed by atoms with Gasteiger partial charge >= 0.3 is 12.1 Å². The monoisotopic (exact) mass is 524 g/mol. The Morgan fingerprint density at radius 1 is 1.25 bits per heavy atom. The molecule has 2 amide bonds. The molecule has 0 radical (unpaired) electrons. The molecule has 10 heteroatoms. The zero-order valence-electron chi connectivity index (χ0n) is 18.2. The molecule has 2 atom stereocenters. The summed E-state index contributed by atoms with van der Waals surface area (Å²) < 4.78 is 10.9. The summed E-state index contributed by atoms with van der Waals surface area (Å²) in [7, 11) is 1.25. The van der Waals surface area contributed by atoms with E-state index in [1.54, 1.807) is 51.1 Å². The molecular weight excluding hydrogens is 500 g/mol. The fourth-order valence-electron chi connectivity index (χ4n) is 3.50. The molecule has 0 spiro atoms. The first-order chi connectivity index (χ1) is 14.9. The number of rotatable bonds is 4. The van der Waals surface area contributed by atoms with Crippen LogP contribution in [0.1, 0.15) is 42.4 Å². The second-order valence-electron chi connectivity index (χ2n) is 8.50. The number of likely N-dealkylation sites (tertiary alicyclic amines) is 1. The summed E-state index contributed by atoms with van der Waals surface area (Å²) in [5.41, 5.74) is -1.35. The van der Waals surface area contributed by atoms with Gasteiger partial charge in [-0.15, -0.1) is 11.3 Å². The van der Waals surface area contributed by atoms with E-state index < -0.39 is 35.2 Å². The van der Waals surface area contributed by atoms with Crippen molar-refractivity contribution in [1.82, 2.24) is 4.90 Å². The Bertz CT molecular complexity index is 1020. The quantitative estimate of drug-likeness (QED) is 0.582. The number of carbonyl (C=O) groups excluding carboxylic acids is 3. The summed E-state index contributed by atoms with van der Waals surface area (Å²) >= 11 is 4.42. The third-order valence-corrected chi connectivity index (χ3v) is 6.53. The predicted molar refractivity (Wildman–Crippen MR) is 124 cm³/mol. The van der Waals surface area contributed by atoms with E-state index in [2.05, 4.69) is 21.2 Å². The fourth-order valence-corrected chi connectivity index (χ4v) is 4.98. The van der Waals surface area contributed by atoms with Crippen molar-refractivity contribution in [3.05, 3.63) is 50.6 Å². The number of aliphatic hydroxyl groups is 1. The number of carbonyl (C=O) groups is 3. The van der Waals surface area contributed by atoms with E-state index in [0.717, 1.165) is 11.3 Å². The van der Waals surface area contributed by atoms with E-state index in [-0.39, 0.29) is 23.5 Å². The number of β-amino-alcohol motifs (C(OH)–C–C–N with tert-alkyl or cyclic N) is 1. The number of amides is 2. The summed E-state index contributed by atoms with van der Waals surface area (Å²) in [6.07, 6.45) is -0.731. The number of halogens is 1. The minimum absolute atomic E-state index is 0.0268. The molecule has 2 aromatic rings. The second kappa shape index (κ2) is 9.21. The lowest BCUT2D eigenvalue weighted by Crippen LogP contribution is -2.45. The Kier molecular flexibility index (Phi) is 6.97.